The predicted molar refractivity (Wildman–Crippen MR) is 70.3 cm³/mol. The van der Waals surface area contributed by atoms with E-state index in [1.807, 2.05) is 6.92 Å². The minimum Gasteiger partial charge on any atom is -0.504 e. The van der Waals surface area contributed by atoms with Crippen LogP contribution in [0, 0.1) is 6.92 Å². The maximum atomic E-state index is 10.5. The summed E-state index contributed by atoms with van der Waals surface area (Å²) in [5, 5.41) is 13.9. The Morgan fingerprint density at radius 2 is 2.22 bits per heavy atom. The lowest BCUT2D eigenvalue weighted by atomic mass is 9.84. The third-order valence-electron chi connectivity index (χ3n) is 4.34. The van der Waals surface area contributed by atoms with Crippen LogP contribution in [0.4, 0.5) is 0 Å². The summed E-state index contributed by atoms with van der Waals surface area (Å²) in [6, 6.07) is 2.96. The van der Waals surface area contributed by atoms with Crippen molar-refractivity contribution in [3.05, 3.63) is 22.8 Å². The van der Waals surface area contributed by atoms with Gasteiger partial charge in [-0.1, -0.05) is 6.07 Å². The van der Waals surface area contributed by atoms with Crippen molar-refractivity contribution in [2.24, 2.45) is 0 Å². The molecule has 0 saturated carbocycles. The molecule has 2 bridgehead atoms. The molecule has 0 spiro atoms. The molecule has 4 nitrogen and oxygen atoms in total. The van der Waals surface area contributed by atoms with E-state index in [0.29, 0.717) is 17.5 Å². The van der Waals surface area contributed by atoms with E-state index < -0.39 is 0 Å². The topological polar surface area (TPSA) is 44.7 Å². The standard InChI is InChI=1S/C14H20N2O2/c1-8-4-9-5-10-6-15-7-11(16(10)2)12(9)13(17)14(8)18-3/h4,10-11,15,17H,5-7H2,1-3H3/t10-,11-/m0/s1. The number of nitrogens with one attached hydrogen (secondary N) is 1. The third-order valence-corrected chi connectivity index (χ3v) is 4.34. The Morgan fingerprint density at radius 1 is 1.44 bits per heavy atom. The lowest BCUT2D eigenvalue weighted by Gasteiger charge is -2.45. The van der Waals surface area contributed by atoms with Crippen molar-refractivity contribution in [2.45, 2.75) is 25.4 Å². The van der Waals surface area contributed by atoms with Crippen molar-refractivity contribution in [1.82, 2.24) is 10.2 Å². The largest absolute Gasteiger partial charge is 0.504 e. The van der Waals surface area contributed by atoms with Crippen LogP contribution in [0.2, 0.25) is 0 Å². The van der Waals surface area contributed by atoms with Gasteiger partial charge in [0, 0.05) is 24.7 Å². The van der Waals surface area contributed by atoms with Gasteiger partial charge in [0.15, 0.2) is 11.5 Å². The van der Waals surface area contributed by atoms with E-state index >= 15 is 0 Å². The Kier molecular flexibility index (Phi) is 2.72. The van der Waals surface area contributed by atoms with E-state index in [4.69, 9.17) is 4.74 Å². The van der Waals surface area contributed by atoms with Crippen molar-refractivity contribution >= 4 is 0 Å². The Labute approximate surface area is 108 Å². The van der Waals surface area contributed by atoms with Gasteiger partial charge in [-0.15, -0.1) is 0 Å². The zero-order chi connectivity index (χ0) is 12.9. The first-order valence-electron chi connectivity index (χ1n) is 6.45. The molecule has 0 unspecified atom stereocenters. The second kappa shape index (κ2) is 4.14. The van der Waals surface area contributed by atoms with Gasteiger partial charge >= 0.3 is 0 Å². The summed E-state index contributed by atoms with van der Waals surface area (Å²) < 4.78 is 5.33. The summed E-state index contributed by atoms with van der Waals surface area (Å²) >= 11 is 0. The number of nitrogens with zero attached hydrogens (tertiary/aromatic N) is 1. The number of likely N-dealkylation sites (N-methyl/N-ethyl adjacent to an activating group) is 1. The molecule has 1 aromatic rings. The van der Waals surface area contributed by atoms with Crippen LogP contribution >= 0.6 is 0 Å². The highest BCUT2D eigenvalue weighted by atomic mass is 16.5. The number of methoxy groups -OCH3 is 1. The minimum absolute atomic E-state index is 0.252. The van der Waals surface area contributed by atoms with Crippen LogP contribution < -0.4 is 10.1 Å². The van der Waals surface area contributed by atoms with E-state index in [1.165, 1.54) is 5.56 Å². The van der Waals surface area contributed by atoms with Gasteiger partial charge in [-0.3, -0.25) is 4.90 Å². The highest BCUT2D eigenvalue weighted by Crippen LogP contribution is 2.44. The van der Waals surface area contributed by atoms with Gasteiger partial charge in [0.05, 0.1) is 13.2 Å². The Bertz CT molecular complexity index is 487. The van der Waals surface area contributed by atoms with Gasteiger partial charge in [-0.25, -0.2) is 0 Å². The molecule has 2 N–H and O–H groups in total. The zero-order valence-corrected chi connectivity index (χ0v) is 11.2. The van der Waals surface area contributed by atoms with E-state index in [0.717, 1.165) is 30.6 Å². The quantitative estimate of drug-likeness (QED) is 0.784. The van der Waals surface area contributed by atoms with Crippen LogP contribution in [0.25, 0.3) is 0 Å². The van der Waals surface area contributed by atoms with Crippen molar-refractivity contribution in [2.75, 3.05) is 27.2 Å². The molecule has 3 rings (SSSR count). The molecule has 0 aliphatic carbocycles. The molecule has 2 aliphatic rings. The molecule has 2 aliphatic heterocycles. The lowest BCUT2D eigenvalue weighted by molar-refractivity contribution is 0.112. The molecular weight excluding hydrogens is 228 g/mol. The van der Waals surface area contributed by atoms with Gasteiger partial charge in [0.2, 0.25) is 0 Å². The average molecular weight is 248 g/mol. The highest BCUT2D eigenvalue weighted by Gasteiger charge is 2.37. The van der Waals surface area contributed by atoms with Crippen LogP contribution in [-0.4, -0.2) is 43.3 Å². The molecule has 0 amide bonds. The number of benzene rings is 1. The summed E-state index contributed by atoms with van der Waals surface area (Å²) in [5.74, 6) is 0.942. The zero-order valence-electron chi connectivity index (χ0n) is 11.2. The Morgan fingerprint density at radius 3 is 2.94 bits per heavy atom. The van der Waals surface area contributed by atoms with E-state index in [1.54, 1.807) is 7.11 Å². The molecule has 18 heavy (non-hydrogen) atoms. The number of aryl methyl sites for hydroxylation is 1. The number of ether oxygens (including phenoxy) is 1. The van der Waals surface area contributed by atoms with Gasteiger partial charge in [0.1, 0.15) is 0 Å². The number of hydrogen-bond donors (Lipinski definition) is 2. The monoisotopic (exact) mass is 248 g/mol. The summed E-state index contributed by atoms with van der Waals surface area (Å²) in [7, 11) is 3.76. The molecule has 98 valence electrons. The molecule has 0 aromatic heterocycles. The number of aromatic hydroxyl groups is 1. The molecule has 4 heteroatoms. The number of phenolic OH excluding ortho intramolecular Hbond substituents is 1. The molecule has 1 aromatic carbocycles. The number of fused-ring (bicyclic) bond motifs is 4. The van der Waals surface area contributed by atoms with Gasteiger partial charge in [-0.2, -0.15) is 0 Å². The fourth-order valence-electron chi connectivity index (χ4n) is 3.37. The number of phenols is 1. The molecule has 2 heterocycles. The van der Waals surface area contributed by atoms with Gasteiger partial charge < -0.3 is 15.2 Å². The minimum atomic E-state index is 0.252. The second-order valence-corrected chi connectivity index (χ2v) is 5.35. The maximum Gasteiger partial charge on any atom is 0.163 e. The van der Waals surface area contributed by atoms with Crippen molar-refractivity contribution in [3.8, 4) is 11.5 Å². The van der Waals surface area contributed by atoms with Crippen LogP contribution in [0.5, 0.6) is 11.5 Å². The van der Waals surface area contributed by atoms with Gasteiger partial charge in [0.25, 0.3) is 0 Å². The number of rotatable bonds is 1. The summed E-state index contributed by atoms with van der Waals surface area (Å²) in [5.41, 5.74) is 3.34. The smallest absolute Gasteiger partial charge is 0.163 e. The lowest BCUT2D eigenvalue weighted by Crippen LogP contribution is -2.54. The second-order valence-electron chi connectivity index (χ2n) is 5.35. The van der Waals surface area contributed by atoms with Crippen LogP contribution in [0.1, 0.15) is 22.7 Å². The molecular formula is C14H20N2O2. The van der Waals surface area contributed by atoms with Crippen molar-refractivity contribution < 1.29 is 9.84 Å². The summed E-state index contributed by atoms with van der Waals surface area (Å²) in [6.07, 6.45) is 0.994. The third kappa shape index (κ3) is 1.52. The maximum absolute atomic E-state index is 10.5. The Hall–Kier alpha value is -1.26. The first-order chi connectivity index (χ1) is 8.63. The van der Waals surface area contributed by atoms with Crippen LogP contribution in [-0.2, 0) is 6.42 Å². The molecule has 1 saturated heterocycles. The number of piperazine rings is 1. The first kappa shape index (κ1) is 11.8. The van der Waals surface area contributed by atoms with E-state index in [2.05, 4.69) is 23.3 Å². The average Bonchev–Trinajstić information content (AvgIpc) is 2.30. The fourth-order valence-corrected chi connectivity index (χ4v) is 3.37. The molecule has 2 atom stereocenters. The normalized spacial score (nSPS) is 26.8. The van der Waals surface area contributed by atoms with Gasteiger partial charge in [-0.05, 0) is 31.5 Å². The molecule has 1 fully saturated rings. The van der Waals surface area contributed by atoms with Crippen molar-refractivity contribution in [3.63, 3.8) is 0 Å². The fraction of sp³-hybridized carbons (Fsp3) is 0.571. The molecule has 0 radical (unpaired) electrons. The first-order valence-corrected chi connectivity index (χ1v) is 6.45. The highest BCUT2D eigenvalue weighted by molar-refractivity contribution is 5.57. The van der Waals surface area contributed by atoms with E-state index in [9.17, 15) is 5.11 Å². The van der Waals surface area contributed by atoms with E-state index in [-0.39, 0.29) is 6.04 Å². The van der Waals surface area contributed by atoms with Crippen LogP contribution in [0.3, 0.4) is 0 Å². The SMILES string of the molecule is COc1c(C)cc2c(c1O)[C@@H]1CNC[C@H](C2)N1C. The summed E-state index contributed by atoms with van der Waals surface area (Å²) in [4.78, 5) is 2.37. The van der Waals surface area contributed by atoms with Crippen LogP contribution in [0.15, 0.2) is 6.07 Å². The number of hydrogen-bond acceptors (Lipinski definition) is 4. The van der Waals surface area contributed by atoms with Crippen molar-refractivity contribution in [1.29, 1.82) is 0 Å². The Balaban J connectivity index is 2.18. The predicted octanol–water partition coefficient (Wildman–Crippen LogP) is 1.21. The summed E-state index contributed by atoms with van der Waals surface area (Å²) in [6.45, 7) is 3.91.